The third-order valence-corrected chi connectivity index (χ3v) is 3.47. The van der Waals surface area contributed by atoms with E-state index in [0.29, 0.717) is 5.56 Å². The molecule has 0 spiro atoms. The molecule has 0 aliphatic carbocycles. The molecule has 1 atom stereocenters. The van der Waals surface area contributed by atoms with Crippen molar-refractivity contribution >= 4 is 18.0 Å². The minimum absolute atomic E-state index is 0.106. The topological polar surface area (TPSA) is 100 Å². The number of amides is 2. The van der Waals surface area contributed by atoms with E-state index < -0.39 is 11.8 Å². The van der Waals surface area contributed by atoms with Crippen LogP contribution in [0.15, 0.2) is 53.6 Å². The van der Waals surface area contributed by atoms with Crippen LogP contribution < -0.4 is 15.5 Å². The zero-order valence-electron chi connectivity index (χ0n) is 13.9. The highest BCUT2D eigenvalue weighted by atomic mass is 16.5. The van der Waals surface area contributed by atoms with E-state index in [1.807, 2.05) is 30.3 Å². The predicted octanol–water partition coefficient (Wildman–Crippen LogP) is 1.73. The summed E-state index contributed by atoms with van der Waals surface area (Å²) in [6.07, 6.45) is 1.23. The molecule has 2 amide bonds. The molecule has 25 heavy (non-hydrogen) atoms. The van der Waals surface area contributed by atoms with Gasteiger partial charge in [0, 0.05) is 5.56 Å². The Hall–Kier alpha value is -3.35. The van der Waals surface area contributed by atoms with Crippen LogP contribution in [0.25, 0.3) is 0 Å². The fraction of sp³-hybridized carbons (Fsp3) is 0.167. The van der Waals surface area contributed by atoms with E-state index in [-0.39, 0.29) is 17.5 Å². The molecule has 7 nitrogen and oxygen atoms in total. The highest BCUT2D eigenvalue weighted by molar-refractivity contribution is 6.35. The first kappa shape index (κ1) is 18.0. The van der Waals surface area contributed by atoms with E-state index in [1.54, 1.807) is 25.1 Å². The lowest BCUT2D eigenvalue weighted by atomic mass is 10.1. The first-order chi connectivity index (χ1) is 12.0. The number of para-hydroxylation sites is 1. The predicted molar refractivity (Wildman–Crippen MR) is 93.4 cm³/mol. The molecule has 0 saturated heterocycles. The van der Waals surface area contributed by atoms with Crippen LogP contribution in [0.1, 0.15) is 24.1 Å². The molecule has 0 aliphatic rings. The fourth-order valence-corrected chi connectivity index (χ4v) is 2.11. The van der Waals surface area contributed by atoms with Crippen molar-refractivity contribution in [3.8, 4) is 11.5 Å². The molecule has 0 heterocycles. The number of phenols is 1. The Balaban J connectivity index is 1.92. The Kier molecular flexibility index (Phi) is 6.11. The number of hydrogen-bond acceptors (Lipinski definition) is 5. The summed E-state index contributed by atoms with van der Waals surface area (Å²) in [5.41, 5.74) is 3.35. The van der Waals surface area contributed by atoms with Gasteiger partial charge in [-0.2, -0.15) is 5.10 Å². The zero-order valence-corrected chi connectivity index (χ0v) is 13.9. The first-order valence-electron chi connectivity index (χ1n) is 7.57. The molecule has 2 rings (SSSR count). The van der Waals surface area contributed by atoms with Crippen LogP contribution in [0.4, 0.5) is 0 Å². The normalized spacial score (nSPS) is 11.8. The van der Waals surface area contributed by atoms with Gasteiger partial charge in [-0.15, -0.1) is 0 Å². The summed E-state index contributed by atoms with van der Waals surface area (Å²) in [5.74, 6) is -1.53. The van der Waals surface area contributed by atoms with Gasteiger partial charge in [0.15, 0.2) is 11.5 Å². The van der Waals surface area contributed by atoms with Crippen LogP contribution in [-0.2, 0) is 9.59 Å². The van der Waals surface area contributed by atoms with Gasteiger partial charge >= 0.3 is 11.8 Å². The maximum Gasteiger partial charge on any atom is 0.329 e. The number of nitrogens with zero attached hydrogens (tertiary/aromatic N) is 1. The van der Waals surface area contributed by atoms with Crippen molar-refractivity contribution in [1.29, 1.82) is 0 Å². The third-order valence-electron chi connectivity index (χ3n) is 3.47. The number of phenolic OH excluding ortho intramolecular Hbond substituents is 1. The molecule has 0 fully saturated rings. The van der Waals surface area contributed by atoms with Crippen molar-refractivity contribution in [2.45, 2.75) is 13.0 Å². The van der Waals surface area contributed by atoms with Crippen LogP contribution in [0.3, 0.4) is 0 Å². The molecule has 0 aromatic heterocycles. The number of rotatable bonds is 5. The molecule has 0 bridgehead atoms. The number of benzene rings is 2. The molecule has 0 radical (unpaired) electrons. The Morgan fingerprint density at radius 3 is 2.52 bits per heavy atom. The van der Waals surface area contributed by atoms with E-state index in [4.69, 9.17) is 4.74 Å². The highest BCUT2D eigenvalue weighted by Crippen LogP contribution is 2.27. The summed E-state index contributed by atoms with van der Waals surface area (Å²) in [7, 11) is 1.43. The second-order valence-corrected chi connectivity index (χ2v) is 5.20. The molecule has 7 heteroatoms. The fourth-order valence-electron chi connectivity index (χ4n) is 2.11. The molecular formula is C18H19N3O4. The summed E-state index contributed by atoms with van der Waals surface area (Å²) < 4.78 is 4.97. The van der Waals surface area contributed by atoms with Crippen LogP contribution in [0.2, 0.25) is 0 Å². The van der Waals surface area contributed by atoms with Crippen LogP contribution >= 0.6 is 0 Å². The molecule has 2 aromatic carbocycles. The monoisotopic (exact) mass is 341 g/mol. The summed E-state index contributed by atoms with van der Waals surface area (Å²) in [6, 6.07) is 13.8. The molecule has 2 aromatic rings. The van der Waals surface area contributed by atoms with Gasteiger partial charge in [0.05, 0.1) is 19.4 Å². The van der Waals surface area contributed by atoms with Crippen molar-refractivity contribution in [2.24, 2.45) is 5.10 Å². The number of carbonyl (C=O) groups is 2. The Bertz CT molecular complexity index is 775. The summed E-state index contributed by atoms with van der Waals surface area (Å²) in [6.45, 7) is 1.78. The van der Waals surface area contributed by atoms with E-state index >= 15 is 0 Å². The SMILES string of the molecule is COc1cccc(C=NNC(=O)C(=O)N[C@@H](C)c2ccccc2)c1O. The number of nitrogens with one attached hydrogen (secondary N) is 2. The number of hydrazone groups is 1. The summed E-state index contributed by atoms with van der Waals surface area (Å²) in [5, 5.41) is 16.2. The van der Waals surface area contributed by atoms with Crippen LogP contribution in [0.5, 0.6) is 11.5 Å². The molecule has 3 N–H and O–H groups in total. The van der Waals surface area contributed by atoms with Gasteiger partial charge in [-0.25, -0.2) is 5.43 Å². The van der Waals surface area contributed by atoms with Gasteiger partial charge in [-0.1, -0.05) is 36.4 Å². The molecule has 0 aliphatic heterocycles. The van der Waals surface area contributed by atoms with Crippen molar-refractivity contribution in [2.75, 3.05) is 7.11 Å². The Morgan fingerprint density at radius 2 is 1.84 bits per heavy atom. The molecule has 0 saturated carbocycles. The van der Waals surface area contributed by atoms with E-state index in [9.17, 15) is 14.7 Å². The smallest absolute Gasteiger partial charge is 0.329 e. The number of ether oxygens (including phenoxy) is 1. The Morgan fingerprint density at radius 1 is 1.12 bits per heavy atom. The quantitative estimate of drug-likeness (QED) is 0.438. The largest absolute Gasteiger partial charge is 0.504 e. The standard InChI is InChI=1S/C18H19N3O4/c1-12(13-7-4-3-5-8-13)20-17(23)18(24)21-19-11-14-9-6-10-15(25-2)16(14)22/h3-12,22H,1-2H3,(H,20,23)(H,21,24)/t12-/m0/s1. The Labute approximate surface area is 145 Å². The lowest BCUT2D eigenvalue weighted by molar-refractivity contribution is -0.139. The molecule has 0 unspecified atom stereocenters. The lowest BCUT2D eigenvalue weighted by Gasteiger charge is -2.13. The second kappa shape index (κ2) is 8.49. The minimum atomic E-state index is -0.901. The summed E-state index contributed by atoms with van der Waals surface area (Å²) >= 11 is 0. The van der Waals surface area contributed by atoms with Crippen molar-refractivity contribution < 1.29 is 19.4 Å². The first-order valence-corrected chi connectivity index (χ1v) is 7.57. The number of carbonyl (C=O) groups excluding carboxylic acids is 2. The van der Waals surface area contributed by atoms with Crippen molar-refractivity contribution in [3.63, 3.8) is 0 Å². The minimum Gasteiger partial charge on any atom is -0.504 e. The maximum atomic E-state index is 11.9. The average molecular weight is 341 g/mol. The van der Waals surface area contributed by atoms with E-state index in [0.717, 1.165) is 5.56 Å². The van der Waals surface area contributed by atoms with E-state index in [1.165, 1.54) is 13.3 Å². The molecular weight excluding hydrogens is 322 g/mol. The maximum absolute atomic E-state index is 11.9. The van der Waals surface area contributed by atoms with Gasteiger partial charge in [0.2, 0.25) is 0 Å². The van der Waals surface area contributed by atoms with Crippen molar-refractivity contribution in [1.82, 2.24) is 10.7 Å². The number of hydrogen-bond donors (Lipinski definition) is 3. The summed E-state index contributed by atoms with van der Waals surface area (Å²) in [4.78, 5) is 23.7. The van der Waals surface area contributed by atoms with Gasteiger partial charge in [-0.05, 0) is 24.6 Å². The number of aromatic hydroxyl groups is 1. The van der Waals surface area contributed by atoms with Crippen LogP contribution in [0, 0.1) is 0 Å². The van der Waals surface area contributed by atoms with Crippen molar-refractivity contribution in [3.05, 3.63) is 59.7 Å². The lowest BCUT2D eigenvalue weighted by Crippen LogP contribution is -2.39. The van der Waals surface area contributed by atoms with Gasteiger partial charge in [0.25, 0.3) is 0 Å². The second-order valence-electron chi connectivity index (χ2n) is 5.20. The molecule has 130 valence electrons. The van der Waals surface area contributed by atoms with E-state index in [2.05, 4.69) is 15.8 Å². The highest BCUT2D eigenvalue weighted by Gasteiger charge is 2.16. The van der Waals surface area contributed by atoms with Gasteiger partial charge in [-0.3, -0.25) is 9.59 Å². The average Bonchev–Trinajstić information content (AvgIpc) is 2.63. The van der Waals surface area contributed by atoms with Gasteiger partial charge < -0.3 is 15.2 Å². The third kappa shape index (κ3) is 4.81. The number of methoxy groups -OCH3 is 1. The zero-order chi connectivity index (χ0) is 18.2. The van der Waals surface area contributed by atoms with Crippen LogP contribution in [-0.4, -0.2) is 30.2 Å². The van der Waals surface area contributed by atoms with Gasteiger partial charge in [0.1, 0.15) is 0 Å².